The minimum atomic E-state index is -1.11. The van der Waals surface area contributed by atoms with Crippen LogP contribution in [0.25, 0.3) is 10.9 Å². The molecular formula is C14H15BrN3O2-. The van der Waals surface area contributed by atoms with Gasteiger partial charge in [0, 0.05) is 9.86 Å². The van der Waals surface area contributed by atoms with Crippen LogP contribution in [0.5, 0.6) is 0 Å². The molecular weight excluding hydrogens is 322 g/mol. The summed E-state index contributed by atoms with van der Waals surface area (Å²) in [6.07, 6.45) is 3.68. The number of carboxylic acid groups (broad SMARTS) is 1. The van der Waals surface area contributed by atoms with Crippen molar-refractivity contribution in [3.8, 4) is 0 Å². The average Bonchev–Trinajstić information content (AvgIpc) is 2.43. The lowest BCUT2D eigenvalue weighted by Gasteiger charge is -2.20. The molecule has 0 aliphatic rings. The van der Waals surface area contributed by atoms with Gasteiger partial charge < -0.3 is 15.2 Å². The van der Waals surface area contributed by atoms with Gasteiger partial charge in [-0.3, -0.25) is 0 Å². The SMILES string of the molecule is CCCC[C@@H](Nc1ncnc2ccc(Br)cc12)C(=O)[O-]. The second-order valence-electron chi connectivity index (χ2n) is 4.54. The number of carboxylic acids is 1. The first-order valence-corrected chi connectivity index (χ1v) is 7.28. The number of anilines is 1. The normalized spacial score (nSPS) is 12.3. The number of fused-ring (bicyclic) bond motifs is 1. The number of hydrogen-bond donors (Lipinski definition) is 1. The van der Waals surface area contributed by atoms with Gasteiger partial charge in [-0.2, -0.15) is 0 Å². The molecule has 5 nitrogen and oxygen atoms in total. The van der Waals surface area contributed by atoms with E-state index >= 15 is 0 Å². The third-order valence-electron chi connectivity index (χ3n) is 3.04. The molecule has 0 amide bonds. The number of nitrogens with zero attached hydrogens (tertiary/aromatic N) is 2. The van der Waals surface area contributed by atoms with Crippen molar-refractivity contribution >= 4 is 38.6 Å². The predicted molar refractivity (Wildman–Crippen MR) is 79.2 cm³/mol. The molecule has 0 fully saturated rings. The highest BCUT2D eigenvalue weighted by Crippen LogP contribution is 2.24. The number of halogens is 1. The topological polar surface area (TPSA) is 77.9 Å². The monoisotopic (exact) mass is 336 g/mol. The van der Waals surface area contributed by atoms with Gasteiger partial charge in [-0.05, 0) is 24.6 Å². The molecule has 2 aromatic rings. The number of nitrogens with one attached hydrogen (secondary N) is 1. The smallest absolute Gasteiger partial charge is 0.137 e. The summed E-state index contributed by atoms with van der Waals surface area (Å²) in [6.45, 7) is 2.02. The molecule has 0 bridgehead atoms. The highest BCUT2D eigenvalue weighted by atomic mass is 79.9. The third-order valence-corrected chi connectivity index (χ3v) is 3.53. The minimum Gasteiger partial charge on any atom is -0.548 e. The number of benzene rings is 1. The van der Waals surface area contributed by atoms with E-state index in [2.05, 4.69) is 31.2 Å². The Morgan fingerprint density at radius 3 is 2.95 bits per heavy atom. The summed E-state index contributed by atoms with van der Waals surface area (Å²) in [7, 11) is 0. The molecule has 0 saturated heterocycles. The molecule has 1 aromatic heterocycles. The Kier molecular flexibility index (Phi) is 4.89. The van der Waals surface area contributed by atoms with Crippen molar-refractivity contribution in [2.75, 3.05) is 5.32 Å². The molecule has 2 rings (SSSR count). The number of hydrogen-bond acceptors (Lipinski definition) is 5. The molecule has 0 radical (unpaired) electrons. The van der Waals surface area contributed by atoms with Gasteiger partial charge in [-0.25, -0.2) is 9.97 Å². The molecule has 0 spiro atoms. The summed E-state index contributed by atoms with van der Waals surface area (Å²) in [5.74, 6) is -0.596. The zero-order chi connectivity index (χ0) is 14.5. The van der Waals surface area contributed by atoms with Crippen molar-refractivity contribution in [3.63, 3.8) is 0 Å². The standard InChI is InChI=1S/C14H16BrN3O2/c1-2-3-4-12(14(19)20)18-13-10-7-9(15)5-6-11(10)16-8-17-13/h5-8,12H,2-4H2,1H3,(H,19,20)(H,16,17,18)/p-1/t12-/m1/s1. The molecule has 1 atom stereocenters. The van der Waals surface area contributed by atoms with Gasteiger partial charge in [-0.15, -0.1) is 0 Å². The van der Waals surface area contributed by atoms with Crippen molar-refractivity contribution in [3.05, 3.63) is 29.0 Å². The summed E-state index contributed by atoms with van der Waals surface area (Å²) in [5.41, 5.74) is 0.762. The highest BCUT2D eigenvalue weighted by molar-refractivity contribution is 9.10. The Morgan fingerprint density at radius 2 is 2.25 bits per heavy atom. The van der Waals surface area contributed by atoms with Gasteiger partial charge >= 0.3 is 0 Å². The second kappa shape index (κ2) is 6.65. The molecule has 106 valence electrons. The summed E-state index contributed by atoms with van der Waals surface area (Å²) < 4.78 is 0.890. The molecule has 0 unspecified atom stereocenters. The van der Waals surface area contributed by atoms with E-state index in [4.69, 9.17) is 0 Å². The molecule has 1 heterocycles. The van der Waals surface area contributed by atoms with Crippen molar-refractivity contribution in [1.82, 2.24) is 9.97 Å². The van der Waals surface area contributed by atoms with Gasteiger partial charge in [0.1, 0.15) is 12.1 Å². The number of carbonyl (C=O) groups excluding carboxylic acids is 1. The maximum atomic E-state index is 11.2. The van der Waals surface area contributed by atoms with Crippen molar-refractivity contribution < 1.29 is 9.90 Å². The van der Waals surface area contributed by atoms with Crippen LogP contribution in [-0.2, 0) is 4.79 Å². The Balaban J connectivity index is 2.31. The molecule has 6 heteroatoms. The third kappa shape index (κ3) is 3.45. The lowest BCUT2D eigenvalue weighted by atomic mass is 10.1. The minimum absolute atomic E-state index is 0.512. The number of unbranched alkanes of at least 4 members (excludes halogenated alkanes) is 1. The van der Waals surface area contributed by atoms with Gasteiger partial charge in [0.05, 0.1) is 17.5 Å². The summed E-state index contributed by atoms with van der Waals surface area (Å²) in [6, 6.07) is 4.86. The average molecular weight is 337 g/mol. The van der Waals surface area contributed by atoms with Crippen LogP contribution >= 0.6 is 15.9 Å². The maximum Gasteiger partial charge on any atom is 0.137 e. The van der Waals surface area contributed by atoms with Crippen LogP contribution in [0.15, 0.2) is 29.0 Å². The van der Waals surface area contributed by atoms with E-state index in [9.17, 15) is 9.90 Å². The van der Waals surface area contributed by atoms with Crippen LogP contribution in [0, 0.1) is 0 Å². The van der Waals surface area contributed by atoms with E-state index in [1.165, 1.54) is 6.33 Å². The van der Waals surface area contributed by atoms with E-state index in [0.29, 0.717) is 12.2 Å². The Hall–Kier alpha value is -1.69. The largest absolute Gasteiger partial charge is 0.548 e. The fourth-order valence-electron chi connectivity index (χ4n) is 1.97. The quantitative estimate of drug-likeness (QED) is 0.874. The van der Waals surface area contributed by atoms with Gasteiger partial charge in [-0.1, -0.05) is 35.7 Å². The van der Waals surface area contributed by atoms with Gasteiger partial charge in [0.25, 0.3) is 0 Å². The summed E-state index contributed by atoms with van der Waals surface area (Å²) in [4.78, 5) is 19.5. The van der Waals surface area contributed by atoms with Crippen LogP contribution < -0.4 is 10.4 Å². The molecule has 1 aromatic carbocycles. The number of carbonyl (C=O) groups is 1. The second-order valence-corrected chi connectivity index (χ2v) is 5.46. The Bertz CT molecular complexity index is 618. The Labute approximate surface area is 125 Å². The van der Waals surface area contributed by atoms with Crippen molar-refractivity contribution in [2.45, 2.75) is 32.2 Å². The van der Waals surface area contributed by atoms with E-state index in [1.807, 2.05) is 25.1 Å². The van der Waals surface area contributed by atoms with Crippen molar-refractivity contribution in [2.24, 2.45) is 0 Å². The fourth-order valence-corrected chi connectivity index (χ4v) is 2.33. The van der Waals surface area contributed by atoms with E-state index in [1.54, 1.807) is 0 Å². The number of aromatic nitrogens is 2. The lowest BCUT2D eigenvalue weighted by molar-refractivity contribution is -0.306. The molecule has 0 aliphatic carbocycles. The fraction of sp³-hybridized carbons (Fsp3) is 0.357. The number of rotatable bonds is 6. The molecule has 0 aliphatic heterocycles. The van der Waals surface area contributed by atoms with Crippen LogP contribution in [0.4, 0.5) is 5.82 Å². The molecule has 20 heavy (non-hydrogen) atoms. The molecule has 1 N–H and O–H groups in total. The molecule has 0 saturated carbocycles. The predicted octanol–water partition coefficient (Wildman–Crippen LogP) is 2.11. The van der Waals surface area contributed by atoms with E-state index in [0.717, 1.165) is 28.2 Å². The van der Waals surface area contributed by atoms with Gasteiger partial charge in [0.15, 0.2) is 0 Å². The van der Waals surface area contributed by atoms with E-state index in [-0.39, 0.29) is 0 Å². The summed E-state index contributed by atoms with van der Waals surface area (Å²) >= 11 is 3.39. The van der Waals surface area contributed by atoms with Gasteiger partial charge in [0.2, 0.25) is 0 Å². The van der Waals surface area contributed by atoms with Crippen LogP contribution in [0.3, 0.4) is 0 Å². The van der Waals surface area contributed by atoms with Crippen LogP contribution in [0.1, 0.15) is 26.2 Å². The lowest BCUT2D eigenvalue weighted by Crippen LogP contribution is -2.41. The Morgan fingerprint density at radius 1 is 1.45 bits per heavy atom. The van der Waals surface area contributed by atoms with E-state index < -0.39 is 12.0 Å². The first-order valence-electron chi connectivity index (χ1n) is 6.49. The summed E-state index contributed by atoms with van der Waals surface area (Å²) in [5, 5.41) is 14.9. The zero-order valence-corrected chi connectivity index (χ0v) is 12.7. The van der Waals surface area contributed by atoms with Crippen molar-refractivity contribution in [1.29, 1.82) is 0 Å². The number of aliphatic carboxylic acids is 1. The maximum absolute atomic E-state index is 11.2. The van der Waals surface area contributed by atoms with Crippen LogP contribution in [-0.4, -0.2) is 22.0 Å². The highest BCUT2D eigenvalue weighted by Gasteiger charge is 2.12. The first kappa shape index (κ1) is 14.7. The zero-order valence-electron chi connectivity index (χ0n) is 11.1. The first-order chi connectivity index (χ1) is 9.61. The van der Waals surface area contributed by atoms with Crippen LogP contribution in [0.2, 0.25) is 0 Å².